The highest BCUT2D eigenvalue weighted by Gasteiger charge is 2.22. The van der Waals surface area contributed by atoms with Gasteiger partial charge in [0.1, 0.15) is 0 Å². The number of hydrogen-bond donors (Lipinski definition) is 1. The van der Waals surface area contributed by atoms with E-state index in [9.17, 15) is 0 Å². The molecule has 0 aromatic heterocycles. The van der Waals surface area contributed by atoms with Crippen molar-refractivity contribution in [1.29, 1.82) is 0 Å². The van der Waals surface area contributed by atoms with E-state index in [2.05, 4.69) is 33.8 Å². The number of halogens is 1. The quantitative estimate of drug-likeness (QED) is 0.858. The van der Waals surface area contributed by atoms with Crippen LogP contribution in [-0.2, 0) is 0 Å². The van der Waals surface area contributed by atoms with Crippen LogP contribution in [0.4, 0.5) is 11.4 Å². The van der Waals surface area contributed by atoms with Crippen molar-refractivity contribution in [2.24, 2.45) is 5.92 Å². The van der Waals surface area contributed by atoms with Crippen LogP contribution >= 0.6 is 15.9 Å². The molecule has 88 valence electrons. The van der Waals surface area contributed by atoms with Crippen molar-refractivity contribution >= 4 is 27.3 Å². The Kier molecular flexibility index (Phi) is 3.74. The first-order valence-electron chi connectivity index (χ1n) is 6.00. The zero-order chi connectivity index (χ0) is 11.5. The molecule has 1 heterocycles. The van der Waals surface area contributed by atoms with Gasteiger partial charge in [-0.1, -0.05) is 13.3 Å². The predicted octanol–water partition coefficient (Wildman–Crippen LogP) is 3.66. The summed E-state index contributed by atoms with van der Waals surface area (Å²) in [4.78, 5) is 2.46. The molecular formula is C13H19BrN2. The summed E-state index contributed by atoms with van der Waals surface area (Å²) in [5.74, 6) is 0.870. The van der Waals surface area contributed by atoms with E-state index in [0.717, 1.165) is 16.1 Å². The molecule has 2 nitrogen and oxygen atoms in total. The van der Waals surface area contributed by atoms with Gasteiger partial charge in [0.15, 0.2) is 0 Å². The van der Waals surface area contributed by atoms with Gasteiger partial charge in [-0.3, -0.25) is 0 Å². The van der Waals surface area contributed by atoms with Gasteiger partial charge in [0, 0.05) is 23.2 Å². The fourth-order valence-electron chi connectivity index (χ4n) is 2.47. The molecule has 3 heteroatoms. The summed E-state index contributed by atoms with van der Waals surface area (Å²) in [5.41, 5.74) is 7.86. The van der Waals surface area contributed by atoms with Crippen molar-refractivity contribution in [3.63, 3.8) is 0 Å². The summed E-state index contributed by atoms with van der Waals surface area (Å²) < 4.78 is 1.12. The fraction of sp³-hybridized carbons (Fsp3) is 0.538. The lowest BCUT2D eigenvalue weighted by Gasteiger charge is -2.20. The van der Waals surface area contributed by atoms with Crippen LogP contribution in [0.1, 0.15) is 26.2 Å². The van der Waals surface area contributed by atoms with Crippen molar-refractivity contribution in [2.75, 3.05) is 23.7 Å². The predicted molar refractivity (Wildman–Crippen MR) is 73.8 cm³/mol. The molecule has 1 saturated heterocycles. The Balaban J connectivity index is 2.08. The number of nitrogens with zero attached hydrogens (tertiary/aromatic N) is 1. The van der Waals surface area contributed by atoms with E-state index in [1.54, 1.807) is 0 Å². The molecule has 0 bridgehead atoms. The van der Waals surface area contributed by atoms with Crippen LogP contribution in [0, 0.1) is 5.92 Å². The molecule has 1 unspecified atom stereocenters. The Labute approximate surface area is 106 Å². The topological polar surface area (TPSA) is 29.3 Å². The number of nitrogens with two attached hydrogens (primary N) is 1. The van der Waals surface area contributed by atoms with Crippen LogP contribution in [0.25, 0.3) is 0 Å². The Morgan fingerprint density at radius 2 is 2.31 bits per heavy atom. The van der Waals surface area contributed by atoms with E-state index in [1.807, 2.05) is 12.1 Å². The van der Waals surface area contributed by atoms with Gasteiger partial charge in [-0.25, -0.2) is 0 Å². The van der Waals surface area contributed by atoms with Crippen molar-refractivity contribution < 1.29 is 0 Å². The van der Waals surface area contributed by atoms with E-state index >= 15 is 0 Å². The van der Waals surface area contributed by atoms with Crippen molar-refractivity contribution in [2.45, 2.75) is 26.2 Å². The molecule has 1 aromatic rings. The van der Waals surface area contributed by atoms with Crippen molar-refractivity contribution in [1.82, 2.24) is 0 Å². The minimum absolute atomic E-state index is 0.819. The van der Waals surface area contributed by atoms with E-state index in [-0.39, 0.29) is 0 Å². The molecule has 0 amide bonds. The largest absolute Gasteiger partial charge is 0.399 e. The number of hydrogen-bond acceptors (Lipinski definition) is 2. The second-order valence-corrected chi connectivity index (χ2v) is 5.45. The minimum atomic E-state index is 0.819. The molecule has 2 rings (SSSR count). The average Bonchev–Trinajstić information content (AvgIpc) is 2.67. The number of rotatable bonds is 3. The third-order valence-electron chi connectivity index (χ3n) is 3.30. The number of nitrogen functional groups attached to an aromatic ring is 1. The minimum Gasteiger partial charge on any atom is -0.399 e. The van der Waals surface area contributed by atoms with Gasteiger partial charge in [-0.15, -0.1) is 0 Å². The lowest BCUT2D eigenvalue weighted by molar-refractivity contribution is 0.530. The fourth-order valence-corrected chi connectivity index (χ4v) is 3.12. The van der Waals surface area contributed by atoms with Gasteiger partial charge in [0.25, 0.3) is 0 Å². The average molecular weight is 283 g/mol. The van der Waals surface area contributed by atoms with Crippen LogP contribution in [0.3, 0.4) is 0 Å². The normalized spacial score (nSPS) is 20.4. The zero-order valence-corrected chi connectivity index (χ0v) is 11.3. The van der Waals surface area contributed by atoms with E-state index < -0.39 is 0 Å². The monoisotopic (exact) mass is 282 g/mol. The summed E-state index contributed by atoms with van der Waals surface area (Å²) in [6, 6.07) is 6.09. The van der Waals surface area contributed by atoms with Crippen LogP contribution in [0.2, 0.25) is 0 Å². The molecule has 1 atom stereocenters. The Morgan fingerprint density at radius 1 is 1.50 bits per heavy atom. The summed E-state index contributed by atoms with van der Waals surface area (Å²) in [6.07, 6.45) is 3.97. The Bertz CT molecular complexity index is 365. The highest BCUT2D eigenvalue weighted by molar-refractivity contribution is 9.10. The third kappa shape index (κ3) is 2.51. The molecular weight excluding hydrogens is 264 g/mol. The second-order valence-electron chi connectivity index (χ2n) is 4.60. The highest BCUT2D eigenvalue weighted by Crippen LogP contribution is 2.33. The molecule has 0 aliphatic carbocycles. The highest BCUT2D eigenvalue weighted by atomic mass is 79.9. The molecule has 16 heavy (non-hydrogen) atoms. The van der Waals surface area contributed by atoms with Gasteiger partial charge in [-0.2, -0.15) is 0 Å². The molecule has 2 N–H and O–H groups in total. The SMILES string of the molecule is CCCC1CCN(c2ccc(N)cc2Br)C1. The van der Waals surface area contributed by atoms with Crippen molar-refractivity contribution in [3.8, 4) is 0 Å². The first kappa shape index (κ1) is 11.8. The Hall–Kier alpha value is -0.700. The summed E-state index contributed by atoms with van der Waals surface area (Å²) in [7, 11) is 0. The zero-order valence-electron chi connectivity index (χ0n) is 9.75. The second kappa shape index (κ2) is 5.09. The van der Waals surface area contributed by atoms with E-state index in [4.69, 9.17) is 5.73 Å². The molecule has 1 fully saturated rings. The Morgan fingerprint density at radius 3 is 3.00 bits per heavy atom. The van der Waals surface area contributed by atoms with Crippen molar-refractivity contribution in [3.05, 3.63) is 22.7 Å². The number of anilines is 2. The molecule has 0 saturated carbocycles. The molecule has 1 aliphatic rings. The lowest BCUT2D eigenvalue weighted by Crippen LogP contribution is -2.20. The lowest BCUT2D eigenvalue weighted by atomic mass is 10.0. The van der Waals surface area contributed by atoms with E-state index in [1.165, 1.54) is 38.0 Å². The van der Waals surface area contributed by atoms with Crippen LogP contribution in [0.5, 0.6) is 0 Å². The molecule has 1 aliphatic heterocycles. The van der Waals surface area contributed by atoms with Gasteiger partial charge >= 0.3 is 0 Å². The van der Waals surface area contributed by atoms with Crippen LogP contribution in [0.15, 0.2) is 22.7 Å². The van der Waals surface area contributed by atoms with Gasteiger partial charge in [-0.05, 0) is 52.9 Å². The molecule has 0 radical (unpaired) electrons. The van der Waals surface area contributed by atoms with Gasteiger partial charge < -0.3 is 10.6 Å². The molecule has 0 spiro atoms. The smallest absolute Gasteiger partial charge is 0.0512 e. The maximum Gasteiger partial charge on any atom is 0.0512 e. The first-order chi connectivity index (χ1) is 7.70. The molecule has 1 aromatic carbocycles. The van der Waals surface area contributed by atoms with Crippen LogP contribution in [-0.4, -0.2) is 13.1 Å². The van der Waals surface area contributed by atoms with Gasteiger partial charge in [0.05, 0.1) is 5.69 Å². The third-order valence-corrected chi connectivity index (χ3v) is 3.93. The maximum absolute atomic E-state index is 5.75. The maximum atomic E-state index is 5.75. The standard InChI is InChI=1S/C13H19BrN2/c1-2-3-10-6-7-16(9-10)13-5-4-11(15)8-12(13)14/h4-5,8,10H,2-3,6-7,9,15H2,1H3. The van der Waals surface area contributed by atoms with E-state index in [0.29, 0.717) is 0 Å². The first-order valence-corrected chi connectivity index (χ1v) is 6.80. The van der Waals surface area contributed by atoms with Gasteiger partial charge in [0.2, 0.25) is 0 Å². The van der Waals surface area contributed by atoms with Crippen LogP contribution < -0.4 is 10.6 Å². The summed E-state index contributed by atoms with van der Waals surface area (Å²) in [6.45, 7) is 4.63. The number of benzene rings is 1. The summed E-state index contributed by atoms with van der Waals surface area (Å²) in [5, 5.41) is 0. The summed E-state index contributed by atoms with van der Waals surface area (Å²) >= 11 is 3.59.